The van der Waals surface area contributed by atoms with Gasteiger partial charge in [0.1, 0.15) is 11.6 Å². The van der Waals surface area contributed by atoms with E-state index in [0.29, 0.717) is 4.88 Å². The number of nitriles is 1. The first kappa shape index (κ1) is 16.0. The molecule has 0 aliphatic rings. The van der Waals surface area contributed by atoms with E-state index in [1.807, 2.05) is 19.9 Å². The maximum atomic E-state index is 12.6. The number of thiophene rings is 1. The maximum Gasteiger partial charge on any atom is 0.271 e. The van der Waals surface area contributed by atoms with Gasteiger partial charge in [0.25, 0.3) is 5.56 Å². The van der Waals surface area contributed by atoms with E-state index in [9.17, 15) is 20.0 Å². The first-order valence-electron chi connectivity index (χ1n) is 6.83. The molecule has 0 aliphatic carbocycles. The molecule has 6 heteroatoms. The second kappa shape index (κ2) is 6.16. The molecule has 2 aromatic rings. The van der Waals surface area contributed by atoms with Crippen LogP contribution in [0.25, 0.3) is 0 Å². The minimum atomic E-state index is -0.561. The van der Waals surface area contributed by atoms with E-state index in [2.05, 4.69) is 0 Å². The number of rotatable bonds is 4. The van der Waals surface area contributed by atoms with Crippen molar-refractivity contribution in [2.75, 3.05) is 0 Å². The smallest absolute Gasteiger partial charge is 0.271 e. The normalized spacial score (nSPS) is 10.7. The summed E-state index contributed by atoms with van der Waals surface area (Å²) in [6, 6.07) is 5.24. The van der Waals surface area contributed by atoms with Gasteiger partial charge >= 0.3 is 0 Å². The van der Waals surface area contributed by atoms with Gasteiger partial charge in [-0.15, -0.1) is 11.3 Å². The molecule has 0 amide bonds. The number of carbonyl (C=O) groups excluding carboxylic acids is 1. The molecule has 0 atom stereocenters. The number of hydrogen-bond acceptors (Lipinski definition) is 5. The third kappa shape index (κ3) is 2.68. The Morgan fingerprint density at radius 1 is 1.50 bits per heavy atom. The van der Waals surface area contributed by atoms with Gasteiger partial charge in [-0.25, -0.2) is 0 Å². The van der Waals surface area contributed by atoms with Crippen LogP contribution in [0, 0.1) is 24.2 Å². The van der Waals surface area contributed by atoms with E-state index < -0.39 is 5.56 Å². The molecule has 0 unspecified atom stereocenters. The second-order valence-corrected chi connectivity index (χ2v) is 6.37. The fourth-order valence-electron chi connectivity index (χ4n) is 2.29. The van der Waals surface area contributed by atoms with Crippen molar-refractivity contribution in [2.24, 2.45) is 5.92 Å². The summed E-state index contributed by atoms with van der Waals surface area (Å²) >= 11 is 1.25. The summed E-state index contributed by atoms with van der Waals surface area (Å²) in [5, 5.41) is 21.4. The molecular weight excluding hydrogens is 300 g/mol. The average molecular weight is 316 g/mol. The Hall–Kier alpha value is -2.39. The molecule has 0 aliphatic heterocycles. The van der Waals surface area contributed by atoms with Gasteiger partial charge in [-0.1, -0.05) is 19.9 Å². The fourth-order valence-corrected chi connectivity index (χ4v) is 2.96. The Morgan fingerprint density at radius 2 is 2.18 bits per heavy atom. The molecule has 0 bridgehead atoms. The molecule has 0 saturated heterocycles. The molecule has 0 radical (unpaired) electrons. The maximum absolute atomic E-state index is 12.6. The van der Waals surface area contributed by atoms with Crippen molar-refractivity contribution in [1.82, 2.24) is 4.57 Å². The number of aromatic nitrogens is 1. The Kier molecular flexibility index (Phi) is 4.48. The monoisotopic (exact) mass is 316 g/mol. The third-order valence-electron chi connectivity index (χ3n) is 3.32. The van der Waals surface area contributed by atoms with Crippen molar-refractivity contribution in [3.8, 4) is 11.9 Å². The summed E-state index contributed by atoms with van der Waals surface area (Å²) in [6.07, 6.45) is 0. The Labute approximate surface area is 132 Å². The minimum Gasteiger partial charge on any atom is -0.494 e. The van der Waals surface area contributed by atoms with Crippen LogP contribution in [0.15, 0.2) is 22.3 Å². The predicted molar refractivity (Wildman–Crippen MR) is 84.4 cm³/mol. The van der Waals surface area contributed by atoms with Crippen LogP contribution in [0.5, 0.6) is 5.88 Å². The molecule has 0 fully saturated rings. The number of nitrogens with zero attached hydrogens (tertiary/aromatic N) is 2. The van der Waals surface area contributed by atoms with E-state index >= 15 is 0 Å². The van der Waals surface area contributed by atoms with Crippen LogP contribution in [0.3, 0.4) is 0 Å². The predicted octanol–water partition coefficient (Wildman–Crippen LogP) is 2.68. The molecule has 1 N–H and O–H groups in total. The Morgan fingerprint density at radius 3 is 2.68 bits per heavy atom. The van der Waals surface area contributed by atoms with E-state index in [-0.39, 0.29) is 40.8 Å². The minimum absolute atomic E-state index is 0.0271. The van der Waals surface area contributed by atoms with Gasteiger partial charge in [-0.05, 0) is 29.9 Å². The summed E-state index contributed by atoms with van der Waals surface area (Å²) in [5.41, 5.74) is -0.407. The number of carbonyl (C=O) groups is 1. The summed E-state index contributed by atoms with van der Waals surface area (Å²) in [7, 11) is 0. The van der Waals surface area contributed by atoms with Gasteiger partial charge in [-0.2, -0.15) is 5.26 Å². The van der Waals surface area contributed by atoms with Crippen LogP contribution in [0.2, 0.25) is 0 Å². The summed E-state index contributed by atoms with van der Waals surface area (Å²) in [5.74, 6) is -0.657. The van der Waals surface area contributed by atoms with Crippen molar-refractivity contribution in [3.63, 3.8) is 0 Å². The van der Waals surface area contributed by atoms with Crippen LogP contribution in [0.1, 0.15) is 40.2 Å². The average Bonchev–Trinajstić information content (AvgIpc) is 2.98. The Bertz CT molecular complexity index is 811. The van der Waals surface area contributed by atoms with Crippen LogP contribution in [-0.2, 0) is 6.54 Å². The molecule has 2 rings (SSSR count). The van der Waals surface area contributed by atoms with Crippen molar-refractivity contribution < 1.29 is 9.90 Å². The van der Waals surface area contributed by atoms with Gasteiger partial charge in [0.2, 0.25) is 11.7 Å². The summed E-state index contributed by atoms with van der Waals surface area (Å²) in [6.45, 7) is 5.53. The lowest BCUT2D eigenvalue weighted by molar-refractivity contribution is 0.103. The van der Waals surface area contributed by atoms with Crippen LogP contribution in [0.4, 0.5) is 0 Å². The fraction of sp³-hybridized carbons (Fsp3) is 0.312. The summed E-state index contributed by atoms with van der Waals surface area (Å²) < 4.78 is 1.11. The lowest BCUT2D eigenvalue weighted by Gasteiger charge is -2.16. The molecule has 0 saturated carbocycles. The largest absolute Gasteiger partial charge is 0.494 e. The van der Waals surface area contributed by atoms with E-state index in [1.54, 1.807) is 17.5 Å². The van der Waals surface area contributed by atoms with Crippen molar-refractivity contribution in [1.29, 1.82) is 5.26 Å². The van der Waals surface area contributed by atoms with Gasteiger partial charge < -0.3 is 5.11 Å². The molecule has 0 aromatic carbocycles. The molecule has 2 heterocycles. The first-order chi connectivity index (χ1) is 10.4. The standard InChI is InChI=1S/C16H16N2O3S/c1-9(2)8-18-15(20)11(7-17)10(3)13(16(18)21)14(19)12-5-4-6-22-12/h4-6,9,21H,8H2,1-3H3. The Balaban J connectivity index is 2.76. The molecule has 22 heavy (non-hydrogen) atoms. The second-order valence-electron chi connectivity index (χ2n) is 5.43. The van der Waals surface area contributed by atoms with Gasteiger partial charge in [0, 0.05) is 6.54 Å². The zero-order chi connectivity index (χ0) is 16.4. The van der Waals surface area contributed by atoms with Crippen LogP contribution < -0.4 is 5.56 Å². The van der Waals surface area contributed by atoms with Crippen molar-refractivity contribution in [3.05, 3.63) is 49.4 Å². The highest BCUT2D eigenvalue weighted by Crippen LogP contribution is 2.26. The summed E-state index contributed by atoms with van der Waals surface area (Å²) in [4.78, 5) is 25.4. The molecular formula is C16H16N2O3S. The van der Waals surface area contributed by atoms with Crippen molar-refractivity contribution in [2.45, 2.75) is 27.3 Å². The highest BCUT2D eigenvalue weighted by atomic mass is 32.1. The van der Waals surface area contributed by atoms with E-state index in [0.717, 1.165) is 4.57 Å². The molecule has 2 aromatic heterocycles. The van der Waals surface area contributed by atoms with E-state index in [4.69, 9.17) is 0 Å². The molecule has 114 valence electrons. The number of ketones is 1. The van der Waals surface area contributed by atoms with Crippen LogP contribution >= 0.6 is 11.3 Å². The SMILES string of the molecule is Cc1c(C(=O)c2cccs2)c(O)n(CC(C)C)c(=O)c1C#N. The highest BCUT2D eigenvalue weighted by Gasteiger charge is 2.25. The lowest BCUT2D eigenvalue weighted by atomic mass is 10.0. The number of hydrogen-bond donors (Lipinski definition) is 1. The van der Waals surface area contributed by atoms with Crippen molar-refractivity contribution >= 4 is 17.1 Å². The quantitative estimate of drug-likeness (QED) is 0.879. The topological polar surface area (TPSA) is 83.1 Å². The molecule has 5 nitrogen and oxygen atoms in total. The number of pyridine rings is 1. The highest BCUT2D eigenvalue weighted by molar-refractivity contribution is 7.12. The third-order valence-corrected chi connectivity index (χ3v) is 4.19. The zero-order valence-electron chi connectivity index (χ0n) is 12.6. The van der Waals surface area contributed by atoms with Gasteiger partial charge in [-0.3, -0.25) is 14.2 Å². The van der Waals surface area contributed by atoms with Gasteiger partial charge in [0.15, 0.2) is 0 Å². The van der Waals surface area contributed by atoms with E-state index in [1.165, 1.54) is 18.3 Å². The first-order valence-corrected chi connectivity index (χ1v) is 7.71. The van der Waals surface area contributed by atoms with Gasteiger partial charge in [0.05, 0.1) is 10.4 Å². The van der Waals surface area contributed by atoms with Crippen LogP contribution in [-0.4, -0.2) is 15.5 Å². The molecule has 0 spiro atoms. The number of aromatic hydroxyl groups is 1. The zero-order valence-corrected chi connectivity index (χ0v) is 13.4. The lowest BCUT2D eigenvalue weighted by Crippen LogP contribution is -2.28.